The number of tetrazole rings is 1. The second-order valence-corrected chi connectivity index (χ2v) is 6.69. The highest BCUT2D eigenvalue weighted by molar-refractivity contribution is 7.90. The van der Waals surface area contributed by atoms with Gasteiger partial charge in [0.1, 0.15) is 9.84 Å². The summed E-state index contributed by atoms with van der Waals surface area (Å²) in [6, 6.07) is 0. The van der Waals surface area contributed by atoms with E-state index in [0.29, 0.717) is 13.1 Å². The van der Waals surface area contributed by atoms with Crippen LogP contribution in [0.2, 0.25) is 0 Å². The van der Waals surface area contributed by atoms with E-state index in [1.165, 1.54) is 19.1 Å². The van der Waals surface area contributed by atoms with Crippen LogP contribution in [0.25, 0.3) is 0 Å². The molecular weight excluding hydrogens is 242 g/mol. The first-order valence-electron chi connectivity index (χ1n) is 5.70. The van der Waals surface area contributed by atoms with Crippen molar-refractivity contribution < 1.29 is 8.42 Å². The maximum absolute atomic E-state index is 11.1. The van der Waals surface area contributed by atoms with Crippen molar-refractivity contribution in [2.24, 2.45) is 0 Å². The molecular formula is C9H17N5O2S. The molecule has 1 fully saturated rings. The third-order valence-corrected chi connectivity index (χ3v) is 3.77. The van der Waals surface area contributed by atoms with Crippen LogP contribution in [0.3, 0.4) is 0 Å². The first-order valence-corrected chi connectivity index (χ1v) is 7.76. The number of hydrogen-bond acceptors (Lipinski definition) is 6. The summed E-state index contributed by atoms with van der Waals surface area (Å²) in [5.41, 5.74) is 0. The molecule has 17 heavy (non-hydrogen) atoms. The molecule has 0 bridgehead atoms. The monoisotopic (exact) mass is 259 g/mol. The SMILES string of the molecule is CS(=O)(=O)CCn1nnnc1CN1CCCC1. The smallest absolute Gasteiger partial charge is 0.165 e. The minimum atomic E-state index is -2.97. The zero-order chi connectivity index (χ0) is 12.3. The van der Waals surface area contributed by atoms with Crippen LogP contribution in [0, 0.1) is 0 Å². The van der Waals surface area contributed by atoms with Crippen LogP contribution in [0.1, 0.15) is 18.7 Å². The highest BCUT2D eigenvalue weighted by Crippen LogP contribution is 2.10. The predicted molar refractivity (Wildman–Crippen MR) is 62.0 cm³/mol. The molecule has 1 aromatic heterocycles. The Balaban J connectivity index is 1.96. The second kappa shape index (κ2) is 5.09. The van der Waals surface area contributed by atoms with E-state index >= 15 is 0 Å². The molecule has 1 saturated heterocycles. The summed E-state index contributed by atoms with van der Waals surface area (Å²) in [6.07, 6.45) is 3.65. The van der Waals surface area contributed by atoms with Crippen LogP contribution in [0.5, 0.6) is 0 Å². The van der Waals surface area contributed by atoms with Crippen LogP contribution in [0.4, 0.5) is 0 Å². The Morgan fingerprint density at radius 2 is 2.00 bits per heavy atom. The molecule has 7 nitrogen and oxygen atoms in total. The van der Waals surface area contributed by atoms with Crippen molar-refractivity contribution in [1.29, 1.82) is 0 Å². The quantitative estimate of drug-likeness (QED) is 0.696. The summed E-state index contributed by atoms with van der Waals surface area (Å²) in [6.45, 7) is 3.17. The Morgan fingerprint density at radius 3 is 2.65 bits per heavy atom. The van der Waals surface area contributed by atoms with Crippen LogP contribution in [-0.2, 0) is 22.9 Å². The van der Waals surface area contributed by atoms with E-state index in [0.717, 1.165) is 18.9 Å². The molecule has 0 N–H and O–H groups in total. The normalized spacial score (nSPS) is 17.7. The highest BCUT2D eigenvalue weighted by atomic mass is 32.2. The molecule has 0 aromatic carbocycles. The molecule has 0 saturated carbocycles. The lowest BCUT2D eigenvalue weighted by Crippen LogP contribution is -2.23. The molecule has 1 aromatic rings. The van der Waals surface area contributed by atoms with E-state index in [4.69, 9.17) is 0 Å². The van der Waals surface area contributed by atoms with Crippen molar-refractivity contribution in [1.82, 2.24) is 25.1 Å². The van der Waals surface area contributed by atoms with Gasteiger partial charge in [0.2, 0.25) is 0 Å². The van der Waals surface area contributed by atoms with Gasteiger partial charge in [-0.05, 0) is 36.4 Å². The van der Waals surface area contributed by atoms with Crippen molar-refractivity contribution in [3.63, 3.8) is 0 Å². The number of sulfone groups is 1. The number of aromatic nitrogens is 4. The summed E-state index contributed by atoms with van der Waals surface area (Å²) < 4.78 is 23.8. The summed E-state index contributed by atoms with van der Waals surface area (Å²) in [4.78, 5) is 2.28. The van der Waals surface area contributed by atoms with Crippen LogP contribution < -0.4 is 0 Å². The largest absolute Gasteiger partial charge is 0.296 e. The van der Waals surface area contributed by atoms with E-state index in [2.05, 4.69) is 20.4 Å². The lowest BCUT2D eigenvalue weighted by Gasteiger charge is -2.13. The lowest BCUT2D eigenvalue weighted by atomic mass is 10.4. The van der Waals surface area contributed by atoms with Crippen molar-refractivity contribution >= 4 is 9.84 Å². The Morgan fingerprint density at radius 1 is 1.29 bits per heavy atom. The van der Waals surface area contributed by atoms with Gasteiger partial charge >= 0.3 is 0 Å². The lowest BCUT2D eigenvalue weighted by molar-refractivity contribution is 0.314. The molecule has 2 heterocycles. The summed E-state index contributed by atoms with van der Waals surface area (Å²) in [5.74, 6) is 0.820. The Bertz CT molecular complexity index is 463. The standard InChI is InChI=1S/C9H17N5O2S/c1-17(15,16)7-6-14-9(10-11-12-14)8-13-4-2-3-5-13/h2-8H2,1H3. The summed E-state index contributed by atoms with van der Waals surface area (Å²) in [7, 11) is -2.97. The zero-order valence-electron chi connectivity index (χ0n) is 9.91. The maximum Gasteiger partial charge on any atom is 0.165 e. The first-order chi connectivity index (χ1) is 8.04. The molecule has 0 aliphatic carbocycles. The maximum atomic E-state index is 11.1. The van der Waals surface area contributed by atoms with Crippen molar-refractivity contribution in [2.45, 2.75) is 25.9 Å². The first kappa shape index (κ1) is 12.4. The zero-order valence-corrected chi connectivity index (χ0v) is 10.7. The second-order valence-electron chi connectivity index (χ2n) is 4.43. The fourth-order valence-corrected chi connectivity index (χ4v) is 2.41. The fraction of sp³-hybridized carbons (Fsp3) is 0.889. The van der Waals surface area contributed by atoms with Crippen molar-refractivity contribution in [3.05, 3.63) is 5.82 Å². The van der Waals surface area contributed by atoms with Crippen molar-refractivity contribution in [3.8, 4) is 0 Å². The molecule has 0 amide bonds. The molecule has 2 rings (SSSR count). The average Bonchev–Trinajstić information content (AvgIpc) is 2.86. The van der Waals surface area contributed by atoms with Gasteiger partial charge in [0.15, 0.2) is 5.82 Å². The number of aryl methyl sites for hydroxylation is 1. The summed E-state index contributed by atoms with van der Waals surface area (Å²) in [5, 5.41) is 11.4. The topological polar surface area (TPSA) is 81.0 Å². The van der Waals surface area contributed by atoms with Gasteiger partial charge in [-0.3, -0.25) is 4.90 Å². The van der Waals surface area contributed by atoms with Crippen molar-refractivity contribution in [2.75, 3.05) is 25.1 Å². The van der Waals surface area contributed by atoms with E-state index in [-0.39, 0.29) is 5.75 Å². The van der Waals surface area contributed by atoms with Gasteiger partial charge < -0.3 is 0 Å². The minimum Gasteiger partial charge on any atom is -0.296 e. The fourth-order valence-electron chi connectivity index (χ4n) is 1.90. The van der Waals surface area contributed by atoms with Crippen LogP contribution >= 0.6 is 0 Å². The van der Waals surface area contributed by atoms with E-state index in [1.807, 2.05) is 0 Å². The van der Waals surface area contributed by atoms with E-state index in [1.54, 1.807) is 4.68 Å². The number of likely N-dealkylation sites (tertiary alicyclic amines) is 1. The average molecular weight is 259 g/mol. The van der Waals surface area contributed by atoms with Gasteiger partial charge in [0.25, 0.3) is 0 Å². The van der Waals surface area contributed by atoms with Gasteiger partial charge in [-0.15, -0.1) is 5.10 Å². The molecule has 1 aliphatic rings. The van der Waals surface area contributed by atoms with E-state index in [9.17, 15) is 8.42 Å². The molecule has 96 valence electrons. The number of hydrogen-bond donors (Lipinski definition) is 0. The van der Waals surface area contributed by atoms with Crippen LogP contribution in [0.15, 0.2) is 0 Å². The van der Waals surface area contributed by atoms with Crippen LogP contribution in [-0.4, -0.2) is 58.6 Å². The number of nitrogens with zero attached hydrogens (tertiary/aromatic N) is 5. The Hall–Kier alpha value is -1.02. The third kappa shape index (κ3) is 3.74. The number of rotatable bonds is 5. The molecule has 1 aliphatic heterocycles. The van der Waals surface area contributed by atoms with E-state index < -0.39 is 9.84 Å². The highest BCUT2D eigenvalue weighted by Gasteiger charge is 2.16. The molecule has 0 radical (unpaired) electrons. The predicted octanol–water partition coefficient (Wildman–Crippen LogP) is -0.686. The Kier molecular flexibility index (Phi) is 3.72. The molecule has 0 atom stereocenters. The van der Waals surface area contributed by atoms with Gasteiger partial charge in [-0.1, -0.05) is 0 Å². The van der Waals surface area contributed by atoms with Gasteiger partial charge in [-0.25, -0.2) is 13.1 Å². The van der Waals surface area contributed by atoms with Gasteiger partial charge in [0, 0.05) is 6.26 Å². The summed E-state index contributed by atoms with van der Waals surface area (Å²) >= 11 is 0. The van der Waals surface area contributed by atoms with Gasteiger partial charge in [-0.2, -0.15) is 0 Å². The minimum absolute atomic E-state index is 0.0744. The molecule has 0 spiro atoms. The molecule has 0 unspecified atom stereocenters. The van der Waals surface area contributed by atoms with Gasteiger partial charge in [0.05, 0.1) is 18.8 Å². The Labute approximate surface area is 101 Å². The third-order valence-electron chi connectivity index (χ3n) is 2.84. The molecule has 8 heteroatoms.